The molecule has 1 heterocycles. The minimum Gasteiger partial charge on any atom is -0.506 e. The second-order valence-corrected chi connectivity index (χ2v) is 8.53. The van der Waals surface area contributed by atoms with Crippen LogP contribution in [0, 0.1) is 0 Å². The third-order valence-corrected chi connectivity index (χ3v) is 6.40. The summed E-state index contributed by atoms with van der Waals surface area (Å²) in [5.74, 6) is 0.632. The van der Waals surface area contributed by atoms with Gasteiger partial charge in [-0.15, -0.1) is 0 Å². The van der Waals surface area contributed by atoms with Crippen LogP contribution in [0.25, 0.3) is 6.08 Å². The number of esters is 1. The van der Waals surface area contributed by atoms with Crippen molar-refractivity contribution in [3.8, 4) is 11.5 Å². The monoisotopic (exact) mass is 496 g/mol. The minimum absolute atomic E-state index is 0.0516. The second-order valence-electron chi connectivity index (χ2n) is 7.50. The van der Waals surface area contributed by atoms with Crippen molar-refractivity contribution >= 4 is 40.2 Å². The van der Waals surface area contributed by atoms with E-state index in [9.17, 15) is 9.90 Å². The number of rotatable bonds is 10. The van der Waals surface area contributed by atoms with Crippen LogP contribution in [0.4, 0.5) is 11.4 Å². The molecule has 0 radical (unpaired) electrons. The average molecular weight is 497 g/mol. The lowest BCUT2D eigenvalue weighted by molar-refractivity contribution is -0.138. The van der Waals surface area contributed by atoms with E-state index in [4.69, 9.17) is 14.2 Å². The van der Waals surface area contributed by atoms with E-state index in [2.05, 4.69) is 23.7 Å². The maximum absolute atomic E-state index is 12.7. The predicted octanol–water partition coefficient (Wildman–Crippen LogP) is 6.13. The Labute approximate surface area is 211 Å². The number of thioether (sulfide) groups is 1. The SMILES string of the molecule is CCOC(=O)C1=C(O)/C(=C\c2ccc(N(CC)CC)cc2OC)SC1=Nc1ccc(OCC)cc1. The zero-order chi connectivity index (χ0) is 25.4. The fourth-order valence-corrected chi connectivity index (χ4v) is 4.66. The van der Waals surface area contributed by atoms with Crippen molar-refractivity contribution in [1.82, 2.24) is 0 Å². The molecule has 8 heteroatoms. The smallest absolute Gasteiger partial charge is 0.344 e. The number of aliphatic hydroxyl groups is 1. The summed E-state index contributed by atoms with van der Waals surface area (Å²) in [6, 6.07) is 13.2. The highest BCUT2D eigenvalue weighted by atomic mass is 32.2. The van der Waals surface area contributed by atoms with Crippen LogP contribution in [0.1, 0.15) is 33.3 Å². The molecule has 1 N–H and O–H groups in total. The summed E-state index contributed by atoms with van der Waals surface area (Å²) < 4.78 is 16.3. The number of carbonyl (C=O) groups is 1. The van der Waals surface area contributed by atoms with Crippen LogP contribution in [-0.2, 0) is 9.53 Å². The van der Waals surface area contributed by atoms with Crippen LogP contribution in [-0.4, -0.2) is 49.5 Å². The van der Waals surface area contributed by atoms with E-state index in [0.29, 0.717) is 28.0 Å². The first kappa shape index (κ1) is 26.2. The molecule has 0 aromatic heterocycles. The van der Waals surface area contributed by atoms with Gasteiger partial charge in [-0.1, -0.05) is 11.8 Å². The number of nitrogens with zero attached hydrogens (tertiary/aromatic N) is 2. The number of methoxy groups -OCH3 is 1. The summed E-state index contributed by atoms with van der Waals surface area (Å²) in [4.78, 5) is 20.0. The number of hydrogen-bond donors (Lipinski definition) is 1. The Morgan fingerprint density at radius 2 is 1.77 bits per heavy atom. The van der Waals surface area contributed by atoms with Crippen LogP contribution in [0.2, 0.25) is 0 Å². The van der Waals surface area contributed by atoms with E-state index in [1.165, 1.54) is 11.8 Å². The van der Waals surface area contributed by atoms with Gasteiger partial charge in [0.1, 0.15) is 27.9 Å². The molecule has 0 aliphatic carbocycles. The Hall–Kier alpha value is -3.39. The molecule has 0 amide bonds. The summed E-state index contributed by atoms with van der Waals surface area (Å²) in [5, 5.41) is 11.4. The van der Waals surface area contributed by atoms with E-state index in [-0.39, 0.29) is 17.9 Å². The van der Waals surface area contributed by atoms with Crippen molar-refractivity contribution in [1.29, 1.82) is 0 Å². The fourth-order valence-electron chi connectivity index (χ4n) is 3.64. The molecule has 0 fully saturated rings. The van der Waals surface area contributed by atoms with Crippen LogP contribution in [0.5, 0.6) is 11.5 Å². The highest BCUT2D eigenvalue weighted by Crippen LogP contribution is 2.41. The van der Waals surface area contributed by atoms with Crippen molar-refractivity contribution in [2.45, 2.75) is 27.7 Å². The zero-order valence-corrected chi connectivity index (χ0v) is 21.6. The summed E-state index contributed by atoms with van der Waals surface area (Å²) in [6.45, 7) is 10.4. The Morgan fingerprint density at radius 3 is 2.37 bits per heavy atom. The van der Waals surface area contributed by atoms with Gasteiger partial charge in [-0.2, -0.15) is 0 Å². The molecule has 0 spiro atoms. The molecule has 0 atom stereocenters. The molecule has 2 aromatic carbocycles. The standard InChI is InChI=1S/C27H32N2O5S/c1-6-29(7-2)20-13-10-18(22(17-20)32-5)16-23-25(30)24(27(31)34-9-4)26(35-23)28-19-11-14-21(15-12-19)33-8-3/h10-17,30H,6-9H2,1-5H3/b23-16+,28-26?. The van der Waals surface area contributed by atoms with Crippen LogP contribution < -0.4 is 14.4 Å². The molecule has 7 nitrogen and oxygen atoms in total. The molecule has 186 valence electrons. The largest absolute Gasteiger partial charge is 0.506 e. The Balaban J connectivity index is 2.01. The minimum atomic E-state index is -0.616. The first-order valence-electron chi connectivity index (χ1n) is 11.7. The quantitative estimate of drug-likeness (QED) is 0.396. The lowest BCUT2D eigenvalue weighted by Gasteiger charge is -2.22. The van der Waals surface area contributed by atoms with E-state index in [1.54, 1.807) is 32.2 Å². The molecular weight excluding hydrogens is 464 g/mol. The number of benzene rings is 2. The fraction of sp³-hybridized carbons (Fsp3) is 0.333. The van der Waals surface area contributed by atoms with Gasteiger partial charge in [0, 0.05) is 30.4 Å². The summed E-state index contributed by atoms with van der Waals surface area (Å²) in [6.07, 6.45) is 1.80. The molecule has 0 bridgehead atoms. The van der Waals surface area contributed by atoms with Crippen LogP contribution in [0.3, 0.4) is 0 Å². The van der Waals surface area contributed by atoms with Gasteiger partial charge in [0.25, 0.3) is 0 Å². The first-order chi connectivity index (χ1) is 16.9. The van der Waals surface area contributed by atoms with Crippen molar-refractivity contribution in [2.24, 2.45) is 4.99 Å². The Morgan fingerprint density at radius 1 is 1.06 bits per heavy atom. The predicted molar refractivity (Wildman–Crippen MR) is 143 cm³/mol. The summed E-state index contributed by atoms with van der Waals surface area (Å²) >= 11 is 1.21. The van der Waals surface area contributed by atoms with Gasteiger partial charge < -0.3 is 24.2 Å². The summed E-state index contributed by atoms with van der Waals surface area (Å²) in [5.41, 5.74) is 2.52. The molecule has 35 heavy (non-hydrogen) atoms. The second kappa shape index (κ2) is 12.4. The normalized spacial score (nSPS) is 15.6. The molecule has 0 unspecified atom stereocenters. The van der Waals surface area contributed by atoms with E-state index >= 15 is 0 Å². The van der Waals surface area contributed by atoms with Gasteiger partial charge in [0.15, 0.2) is 0 Å². The summed E-state index contributed by atoms with van der Waals surface area (Å²) in [7, 11) is 1.61. The number of ether oxygens (including phenoxy) is 3. The number of hydrogen-bond acceptors (Lipinski definition) is 8. The van der Waals surface area contributed by atoms with Gasteiger partial charge >= 0.3 is 5.97 Å². The average Bonchev–Trinajstić information content (AvgIpc) is 3.16. The maximum Gasteiger partial charge on any atom is 0.344 e. The van der Waals surface area contributed by atoms with Gasteiger partial charge in [-0.25, -0.2) is 9.79 Å². The van der Waals surface area contributed by atoms with E-state index in [0.717, 1.165) is 30.1 Å². The van der Waals surface area contributed by atoms with E-state index in [1.807, 2.05) is 37.3 Å². The first-order valence-corrected chi connectivity index (χ1v) is 12.5. The molecule has 1 aliphatic rings. The topological polar surface area (TPSA) is 80.6 Å². The lowest BCUT2D eigenvalue weighted by atomic mass is 10.1. The molecule has 3 rings (SSSR count). The Bertz CT molecular complexity index is 1130. The molecule has 2 aromatic rings. The number of aliphatic imine (C=N–C) groups is 1. The van der Waals surface area contributed by atoms with Gasteiger partial charge in [-0.05, 0) is 70.2 Å². The van der Waals surface area contributed by atoms with Gasteiger partial charge in [0.2, 0.25) is 0 Å². The Kier molecular flexibility index (Phi) is 9.25. The van der Waals surface area contributed by atoms with Gasteiger partial charge in [-0.3, -0.25) is 0 Å². The van der Waals surface area contributed by atoms with Crippen molar-refractivity contribution in [3.63, 3.8) is 0 Å². The highest BCUT2D eigenvalue weighted by molar-refractivity contribution is 8.18. The van der Waals surface area contributed by atoms with Crippen LogP contribution in [0.15, 0.2) is 63.7 Å². The lowest BCUT2D eigenvalue weighted by Crippen LogP contribution is -2.21. The van der Waals surface area contributed by atoms with Crippen molar-refractivity contribution < 1.29 is 24.1 Å². The van der Waals surface area contributed by atoms with Crippen molar-refractivity contribution in [3.05, 3.63) is 64.3 Å². The zero-order valence-electron chi connectivity index (χ0n) is 20.8. The highest BCUT2D eigenvalue weighted by Gasteiger charge is 2.33. The van der Waals surface area contributed by atoms with Gasteiger partial charge in [0.05, 0.1) is 30.9 Å². The molecule has 0 saturated carbocycles. The third-order valence-electron chi connectivity index (χ3n) is 5.38. The van der Waals surface area contributed by atoms with E-state index < -0.39 is 5.97 Å². The molecule has 0 saturated heterocycles. The number of aliphatic hydroxyl groups excluding tert-OH is 1. The molecule has 1 aliphatic heterocycles. The number of carbonyl (C=O) groups excluding carboxylic acids is 1. The third kappa shape index (κ3) is 6.19. The van der Waals surface area contributed by atoms with Crippen molar-refractivity contribution in [2.75, 3.05) is 38.3 Å². The maximum atomic E-state index is 12.7. The number of anilines is 1. The molecular formula is C27H32N2O5S. The van der Waals surface area contributed by atoms with Crippen LogP contribution >= 0.6 is 11.8 Å².